The van der Waals surface area contributed by atoms with Crippen LogP contribution >= 0.6 is 12.4 Å². The average molecular weight is 180 g/mol. The summed E-state index contributed by atoms with van der Waals surface area (Å²) in [4.78, 5) is 10.5. The largest absolute Gasteiger partial charge is 0.395 e. The van der Waals surface area contributed by atoms with Gasteiger partial charge in [-0.25, -0.2) is 0 Å². The number of rotatable bonds is 2. The van der Waals surface area contributed by atoms with Gasteiger partial charge in [-0.3, -0.25) is 0 Å². The molecule has 1 aliphatic rings. The van der Waals surface area contributed by atoms with Crippen molar-refractivity contribution in [1.29, 1.82) is 0 Å². The number of halogens is 1. The van der Waals surface area contributed by atoms with Crippen LogP contribution in [-0.2, 0) is 4.79 Å². The highest BCUT2D eigenvalue weighted by Crippen LogP contribution is 2.24. The predicted molar refractivity (Wildman–Crippen MR) is 44.9 cm³/mol. The molecule has 3 nitrogen and oxygen atoms in total. The second-order valence-electron chi connectivity index (χ2n) is 2.89. The van der Waals surface area contributed by atoms with Crippen LogP contribution in [0.4, 0.5) is 0 Å². The normalized spacial score (nSPS) is 21.9. The lowest BCUT2D eigenvalue weighted by Gasteiger charge is -2.30. The molecule has 4 heteroatoms. The minimum atomic E-state index is -0.425. The van der Waals surface area contributed by atoms with Crippen molar-refractivity contribution in [2.24, 2.45) is 5.41 Å². The number of piperidine rings is 1. The Balaban J connectivity index is 0.000001000. The summed E-state index contributed by atoms with van der Waals surface area (Å²) < 4.78 is 0. The molecule has 1 aliphatic heterocycles. The lowest BCUT2D eigenvalue weighted by atomic mass is 9.81. The van der Waals surface area contributed by atoms with E-state index in [1.54, 1.807) is 0 Å². The second kappa shape index (κ2) is 4.70. The third-order valence-corrected chi connectivity index (χ3v) is 2.16. The molecule has 1 fully saturated rings. The van der Waals surface area contributed by atoms with E-state index in [9.17, 15) is 4.79 Å². The van der Waals surface area contributed by atoms with Crippen LogP contribution in [0.2, 0.25) is 0 Å². The van der Waals surface area contributed by atoms with Gasteiger partial charge in [0.2, 0.25) is 0 Å². The quantitative estimate of drug-likeness (QED) is 0.586. The molecule has 0 amide bonds. The van der Waals surface area contributed by atoms with E-state index >= 15 is 0 Å². The Labute approximate surface area is 72.6 Å². The number of aliphatic hydroxyl groups excluding tert-OH is 1. The standard InChI is InChI=1S/C7H13NO2.ClH/c9-5-7(6-10)1-3-8-4-2-7;/h5,8,10H,1-4,6H2;1H. The third-order valence-electron chi connectivity index (χ3n) is 2.16. The van der Waals surface area contributed by atoms with Crippen LogP contribution in [0.1, 0.15) is 12.8 Å². The van der Waals surface area contributed by atoms with Crippen LogP contribution in [-0.4, -0.2) is 31.1 Å². The van der Waals surface area contributed by atoms with Crippen LogP contribution in [0.3, 0.4) is 0 Å². The molecule has 0 radical (unpaired) electrons. The van der Waals surface area contributed by atoms with Gasteiger partial charge in [0.25, 0.3) is 0 Å². The summed E-state index contributed by atoms with van der Waals surface area (Å²) in [6.07, 6.45) is 2.44. The zero-order chi connectivity index (χ0) is 7.45. The molecule has 0 aliphatic carbocycles. The SMILES string of the molecule is Cl.O=CC1(CO)CCNCC1. The Morgan fingerprint density at radius 3 is 2.27 bits per heavy atom. The molecule has 0 aromatic heterocycles. The molecule has 11 heavy (non-hydrogen) atoms. The van der Waals surface area contributed by atoms with E-state index in [1.165, 1.54) is 0 Å². The van der Waals surface area contributed by atoms with E-state index in [4.69, 9.17) is 5.11 Å². The summed E-state index contributed by atoms with van der Waals surface area (Å²) in [5.41, 5.74) is -0.425. The van der Waals surface area contributed by atoms with E-state index in [2.05, 4.69) is 5.32 Å². The minimum Gasteiger partial charge on any atom is -0.395 e. The molecule has 0 aromatic carbocycles. The first-order chi connectivity index (χ1) is 4.83. The maximum absolute atomic E-state index is 10.5. The number of hydrogen-bond donors (Lipinski definition) is 2. The summed E-state index contributed by atoms with van der Waals surface area (Å²) >= 11 is 0. The molecule has 0 spiro atoms. The fraction of sp³-hybridized carbons (Fsp3) is 0.857. The van der Waals surface area contributed by atoms with Crippen LogP contribution in [0.5, 0.6) is 0 Å². The Bertz CT molecular complexity index is 124. The van der Waals surface area contributed by atoms with Gasteiger partial charge in [0.1, 0.15) is 6.29 Å². The van der Waals surface area contributed by atoms with Crippen molar-refractivity contribution in [1.82, 2.24) is 5.32 Å². The fourth-order valence-electron chi connectivity index (χ4n) is 1.24. The topological polar surface area (TPSA) is 49.3 Å². The number of aldehydes is 1. The third kappa shape index (κ3) is 2.43. The monoisotopic (exact) mass is 179 g/mol. The van der Waals surface area contributed by atoms with Gasteiger partial charge in [-0.15, -0.1) is 12.4 Å². The van der Waals surface area contributed by atoms with E-state index < -0.39 is 5.41 Å². The second-order valence-corrected chi connectivity index (χ2v) is 2.89. The highest BCUT2D eigenvalue weighted by atomic mass is 35.5. The summed E-state index contributed by atoms with van der Waals surface area (Å²) in [7, 11) is 0. The van der Waals surface area contributed by atoms with Crippen LogP contribution in [0.15, 0.2) is 0 Å². The lowest BCUT2D eigenvalue weighted by Crippen LogP contribution is -2.40. The van der Waals surface area contributed by atoms with Crippen molar-refractivity contribution in [3.63, 3.8) is 0 Å². The summed E-state index contributed by atoms with van der Waals surface area (Å²) in [5, 5.41) is 12.0. The van der Waals surface area contributed by atoms with Gasteiger partial charge >= 0.3 is 0 Å². The molecule has 0 atom stereocenters. The predicted octanol–water partition coefficient (Wildman–Crippen LogP) is -0.0308. The zero-order valence-electron chi connectivity index (χ0n) is 6.38. The van der Waals surface area contributed by atoms with Crippen molar-refractivity contribution in [2.75, 3.05) is 19.7 Å². The number of nitrogens with one attached hydrogen (secondary N) is 1. The first kappa shape index (κ1) is 10.9. The number of carbonyl (C=O) groups excluding carboxylic acids is 1. The molecule has 0 saturated carbocycles. The van der Waals surface area contributed by atoms with Crippen molar-refractivity contribution >= 4 is 18.7 Å². The van der Waals surface area contributed by atoms with E-state index in [0.717, 1.165) is 32.2 Å². The summed E-state index contributed by atoms with van der Waals surface area (Å²) in [6, 6.07) is 0. The van der Waals surface area contributed by atoms with Crippen molar-refractivity contribution in [2.45, 2.75) is 12.8 Å². The molecule has 1 saturated heterocycles. The van der Waals surface area contributed by atoms with Crippen LogP contribution < -0.4 is 5.32 Å². The zero-order valence-corrected chi connectivity index (χ0v) is 7.19. The Morgan fingerprint density at radius 1 is 1.45 bits per heavy atom. The maximum Gasteiger partial charge on any atom is 0.128 e. The molecule has 66 valence electrons. The van der Waals surface area contributed by atoms with E-state index in [1.807, 2.05) is 0 Å². The van der Waals surface area contributed by atoms with Crippen LogP contribution in [0, 0.1) is 5.41 Å². The van der Waals surface area contributed by atoms with Gasteiger partial charge in [0.15, 0.2) is 0 Å². The van der Waals surface area contributed by atoms with Gasteiger partial charge in [-0.05, 0) is 25.9 Å². The van der Waals surface area contributed by atoms with Crippen molar-refractivity contribution < 1.29 is 9.90 Å². The summed E-state index contributed by atoms with van der Waals surface area (Å²) in [6.45, 7) is 1.69. The molecular formula is C7H14ClNO2. The average Bonchev–Trinajstić information content (AvgIpc) is 2.06. The molecule has 0 aromatic rings. The first-order valence-electron chi connectivity index (χ1n) is 3.61. The van der Waals surface area contributed by atoms with Gasteiger partial charge in [-0.1, -0.05) is 0 Å². The molecule has 1 heterocycles. The van der Waals surface area contributed by atoms with Gasteiger partial charge in [0, 0.05) is 0 Å². The van der Waals surface area contributed by atoms with E-state index in [0.29, 0.717) is 0 Å². The Kier molecular flexibility index (Phi) is 4.65. The molecular weight excluding hydrogens is 166 g/mol. The van der Waals surface area contributed by atoms with Gasteiger partial charge < -0.3 is 15.2 Å². The Morgan fingerprint density at radius 2 is 2.00 bits per heavy atom. The van der Waals surface area contributed by atoms with Crippen molar-refractivity contribution in [3.05, 3.63) is 0 Å². The highest BCUT2D eigenvalue weighted by molar-refractivity contribution is 5.85. The summed E-state index contributed by atoms with van der Waals surface area (Å²) in [5.74, 6) is 0. The number of aliphatic hydroxyl groups is 1. The molecule has 1 rings (SSSR count). The lowest BCUT2D eigenvalue weighted by molar-refractivity contribution is -0.119. The number of hydrogen-bond acceptors (Lipinski definition) is 3. The van der Waals surface area contributed by atoms with Crippen molar-refractivity contribution in [3.8, 4) is 0 Å². The number of carbonyl (C=O) groups is 1. The fourth-order valence-corrected chi connectivity index (χ4v) is 1.24. The van der Waals surface area contributed by atoms with Gasteiger partial charge in [-0.2, -0.15) is 0 Å². The van der Waals surface area contributed by atoms with Gasteiger partial charge in [0.05, 0.1) is 12.0 Å². The first-order valence-corrected chi connectivity index (χ1v) is 3.61. The highest BCUT2D eigenvalue weighted by Gasteiger charge is 2.30. The maximum atomic E-state index is 10.5. The Hall–Kier alpha value is -0.120. The minimum absolute atomic E-state index is 0. The smallest absolute Gasteiger partial charge is 0.128 e. The van der Waals surface area contributed by atoms with E-state index in [-0.39, 0.29) is 19.0 Å². The molecule has 2 N–H and O–H groups in total. The van der Waals surface area contributed by atoms with Crippen LogP contribution in [0.25, 0.3) is 0 Å². The molecule has 0 unspecified atom stereocenters. The molecule has 0 bridgehead atoms.